The highest BCUT2D eigenvalue weighted by Crippen LogP contribution is 2.29. The van der Waals surface area contributed by atoms with Gasteiger partial charge in [0.25, 0.3) is 0 Å². The third-order valence-electron chi connectivity index (χ3n) is 5.15. The average molecular weight is 466 g/mol. The number of amides is 2. The Morgan fingerprint density at radius 2 is 2.23 bits per heavy atom. The number of nitrogens with zero attached hydrogens (tertiary/aromatic N) is 4. The summed E-state index contributed by atoms with van der Waals surface area (Å²) >= 11 is 7.35. The fourth-order valence-electron chi connectivity index (χ4n) is 3.53. The number of fused-ring (bicyclic) bond motifs is 1. The van der Waals surface area contributed by atoms with Gasteiger partial charge in [0.15, 0.2) is 16.8 Å². The molecule has 2 aromatic heterocycles. The van der Waals surface area contributed by atoms with Gasteiger partial charge >= 0.3 is 6.03 Å². The normalized spacial score (nSPS) is 17.8. The molecule has 1 saturated heterocycles. The SMILES string of the molecule is C[C@H]1CN(c2ncc([C@H](O)CO)cc2F)CCN1C(=O)Nc1nc2ccc(Cl)cc2s1. The molecule has 1 aliphatic heterocycles. The molecule has 0 aliphatic carbocycles. The molecule has 2 atom stereocenters. The minimum Gasteiger partial charge on any atom is -0.393 e. The summed E-state index contributed by atoms with van der Waals surface area (Å²) in [7, 11) is 0. The van der Waals surface area contributed by atoms with Crippen LogP contribution in [-0.2, 0) is 0 Å². The number of rotatable bonds is 4. The van der Waals surface area contributed by atoms with Crippen LogP contribution in [0.5, 0.6) is 0 Å². The van der Waals surface area contributed by atoms with Crippen molar-refractivity contribution >= 4 is 50.1 Å². The molecule has 3 N–H and O–H groups in total. The molecule has 1 fully saturated rings. The molecule has 3 heterocycles. The predicted octanol–water partition coefficient (Wildman–Crippen LogP) is 3.25. The van der Waals surface area contributed by atoms with E-state index in [9.17, 15) is 14.3 Å². The van der Waals surface area contributed by atoms with E-state index >= 15 is 0 Å². The number of carbonyl (C=O) groups excluding carboxylic acids is 1. The molecule has 3 aromatic rings. The monoisotopic (exact) mass is 465 g/mol. The zero-order valence-corrected chi connectivity index (χ0v) is 18.2. The lowest BCUT2D eigenvalue weighted by Crippen LogP contribution is -2.55. The number of hydrogen-bond donors (Lipinski definition) is 3. The first kappa shape index (κ1) is 21.7. The van der Waals surface area contributed by atoms with Gasteiger partial charge in [-0.3, -0.25) is 5.32 Å². The number of aliphatic hydroxyl groups excluding tert-OH is 2. The van der Waals surface area contributed by atoms with E-state index in [1.54, 1.807) is 28.0 Å². The fraction of sp³-hybridized carbons (Fsp3) is 0.350. The highest BCUT2D eigenvalue weighted by atomic mass is 35.5. The molecule has 0 radical (unpaired) electrons. The van der Waals surface area contributed by atoms with Crippen LogP contribution in [0.3, 0.4) is 0 Å². The summed E-state index contributed by atoms with van der Waals surface area (Å²) in [5.74, 6) is -0.424. The van der Waals surface area contributed by atoms with Crippen LogP contribution >= 0.6 is 22.9 Å². The second kappa shape index (κ2) is 8.91. The number of urea groups is 1. The lowest BCUT2D eigenvalue weighted by molar-refractivity contribution is 0.0951. The molecule has 31 heavy (non-hydrogen) atoms. The second-order valence-electron chi connectivity index (χ2n) is 7.32. The Morgan fingerprint density at radius 3 is 2.94 bits per heavy atom. The van der Waals surface area contributed by atoms with Gasteiger partial charge in [-0.1, -0.05) is 22.9 Å². The molecular formula is C20H21ClFN5O3S. The summed E-state index contributed by atoms with van der Waals surface area (Å²) in [6, 6.07) is 6.07. The van der Waals surface area contributed by atoms with Crippen molar-refractivity contribution in [2.75, 3.05) is 36.5 Å². The first-order valence-electron chi connectivity index (χ1n) is 9.68. The van der Waals surface area contributed by atoms with Crippen LogP contribution in [0.4, 0.5) is 20.1 Å². The van der Waals surface area contributed by atoms with E-state index in [2.05, 4.69) is 15.3 Å². The Bertz CT molecular complexity index is 1110. The van der Waals surface area contributed by atoms with E-state index in [1.807, 2.05) is 6.92 Å². The van der Waals surface area contributed by atoms with Crippen molar-refractivity contribution in [1.29, 1.82) is 0 Å². The van der Waals surface area contributed by atoms with Gasteiger partial charge in [-0.25, -0.2) is 19.2 Å². The highest BCUT2D eigenvalue weighted by molar-refractivity contribution is 7.22. The largest absolute Gasteiger partial charge is 0.393 e. The topological polar surface area (TPSA) is 102 Å². The molecule has 0 spiro atoms. The van der Waals surface area contributed by atoms with Crippen LogP contribution in [-0.4, -0.2) is 63.4 Å². The van der Waals surface area contributed by atoms with Gasteiger partial charge in [0.2, 0.25) is 0 Å². The number of carbonyl (C=O) groups is 1. The standard InChI is InChI=1S/C20H21ClFN5O3S/c1-11-9-26(18-14(22)6-12(8-23-18)16(29)10-28)4-5-27(11)20(30)25-19-24-15-3-2-13(21)7-17(15)31-19/h2-3,6-8,11,16,28-29H,4-5,9-10H2,1H3,(H,24,25,30)/t11-,16+/m0/s1. The number of aliphatic hydroxyl groups is 2. The zero-order valence-electron chi connectivity index (χ0n) is 16.6. The fourth-order valence-corrected chi connectivity index (χ4v) is 4.66. The quantitative estimate of drug-likeness (QED) is 0.546. The Labute approximate surface area is 186 Å². The molecule has 2 amide bonds. The Kier molecular flexibility index (Phi) is 6.24. The van der Waals surface area contributed by atoms with Gasteiger partial charge in [0, 0.05) is 42.5 Å². The molecule has 0 saturated carbocycles. The summed E-state index contributed by atoms with van der Waals surface area (Å²) in [5.41, 5.74) is 0.978. The van der Waals surface area contributed by atoms with Gasteiger partial charge in [-0.2, -0.15) is 0 Å². The molecule has 1 aliphatic rings. The molecular weight excluding hydrogens is 445 g/mol. The minimum absolute atomic E-state index is 0.156. The third-order valence-corrected chi connectivity index (χ3v) is 6.32. The first-order chi connectivity index (χ1) is 14.9. The smallest absolute Gasteiger partial charge is 0.324 e. The summed E-state index contributed by atoms with van der Waals surface area (Å²) in [6.45, 7) is 2.55. The molecule has 164 valence electrons. The van der Waals surface area contributed by atoms with Crippen LogP contribution in [0.1, 0.15) is 18.6 Å². The summed E-state index contributed by atoms with van der Waals surface area (Å²) in [4.78, 5) is 24.7. The first-order valence-corrected chi connectivity index (χ1v) is 10.9. The maximum absolute atomic E-state index is 14.5. The van der Waals surface area contributed by atoms with Gasteiger partial charge < -0.3 is 20.0 Å². The molecule has 0 bridgehead atoms. The van der Waals surface area contributed by atoms with Crippen molar-refractivity contribution < 1.29 is 19.4 Å². The number of halogens is 2. The van der Waals surface area contributed by atoms with Crippen LogP contribution in [0.15, 0.2) is 30.5 Å². The highest BCUT2D eigenvalue weighted by Gasteiger charge is 2.30. The van der Waals surface area contributed by atoms with E-state index in [0.29, 0.717) is 29.8 Å². The summed E-state index contributed by atoms with van der Waals surface area (Å²) in [5, 5.41) is 22.6. The Morgan fingerprint density at radius 1 is 1.42 bits per heavy atom. The van der Waals surface area contributed by atoms with Crippen molar-refractivity contribution in [2.45, 2.75) is 19.1 Å². The van der Waals surface area contributed by atoms with Crippen molar-refractivity contribution in [1.82, 2.24) is 14.9 Å². The predicted molar refractivity (Wildman–Crippen MR) is 118 cm³/mol. The number of pyridine rings is 1. The van der Waals surface area contributed by atoms with Gasteiger partial charge in [-0.05, 0) is 31.2 Å². The summed E-state index contributed by atoms with van der Waals surface area (Å²) < 4.78 is 15.4. The van der Waals surface area contributed by atoms with Crippen molar-refractivity contribution in [3.63, 3.8) is 0 Å². The van der Waals surface area contributed by atoms with E-state index in [1.165, 1.54) is 23.6 Å². The molecule has 11 heteroatoms. The zero-order chi connectivity index (χ0) is 22.1. The maximum Gasteiger partial charge on any atom is 0.324 e. The minimum atomic E-state index is -1.17. The summed E-state index contributed by atoms with van der Waals surface area (Å²) in [6.07, 6.45) is 0.177. The molecule has 1 aromatic carbocycles. The second-order valence-corrected chi connectivity index (χ2v) is 8.79. The number of hydrogen-bond acceptors (Lipinski definition) is 7. The van der Waals surface area contributed by atoms with Crippen LogP contribution in [0.25, 0.3) is 10.2 Å². The average Bonchev–Trinajstić information content (AvgIpc) is 3.14. The van der Waals surface area contributed by atoms with Gasteiger partial charge in [-0.15, -0.1) is 0 Å². The number of nitrogens with one attached hydrogen (secondary N) is 1. The van der Waals surface area contributed by atoms with E-state index < -0.39 is 18.5 Å². The van der Waals surface area contributed by atoms with Crippen molar-refractivity contribution in [3.8, 4) is 0 Å². The van der Waals surface area contributed by atoms with Crippen LogP contribution in [0, 0.1) is 5.82 Å². The maximum atomic E-state index is 14.5. The Balaban J connectivity index is 1.42. The number of anilines is 2. The molecule has 8 nitrogen and oxygen atoms in total. The van der Waals surface area contributed by atoms with Crippen molar-refractivity contribution in [2.24, 2.45) is 0 Å². The van der Waals surface area contributed by atoms with Gasteiger partial charge in [0.1, 0.15) is 6.10 Å². The number of benzene rings is 1. The lowest BCUT2D eigenvalue weighted by Gasteiger charge is -2.40. The molecule has 4 rings (SSSR count). The lowest BCUT2D eigenvalue weighted by atomic mass is 10.1. The van der Waals surface area contributed by atoms with E-state index in [4.69, 9.17) is 16.7 Å². The van der Waals surface area contributed by atoms with Crippen molar-refractivity contribution in [3.05, 3.63) is 46.9 Å². The number of thiazole rings is 1. The van der Waals surface area contributed by atoms with E-state index in [0.717, 1.165) is 10.2 Å². The third kappa shape index (κ3) is 4.57. The molecule has 0 unspecified atom stereocenters. The van der Waals surface area contributed by atoms with Crippen LogP contribution < -0.4 is 10.2 Å². The van der Waals surface area contributed by atoms with Gasteiger partial charge in [0.05, 0.1) is 16.8 Å². The number of piperazine rings is 1. The van der Waals surface area contributed by atoms with E-state index in [-0.39, 0.29) is 23.5 Å². The number of aromatic nitrogens is 2. The Hall–Kier alpha value is -2.53. The van der Waals surface area contributed by atoms with Crippen LogP contribution in [0.2, 0.25) is 5.02 Å².